The molecule has 0 heterocycles. The molecule has 0 aromatic heterocycles. The van der Waals surface area contributed by atoms with Crippen molar-refractivity contribution >= 4 is 0 Å². The van der Waals surface area contributed by atoms with Gasteiger partial charge in [-0.15, -0.1) is 0 Å². The zero-order chi connectivity index (χ0) is 12.9. The van der Waals surface area contributed by atoms with E-state index in [1.165, 1.54) is 12.8 Å². The molecule has 0 radical (unpaired) electrons. The fourth-order valence-corrected chi connectivity index (χ4v) is 2.08. The van der Waals surface area contributed by atoms with E-state index in [1.54, 1.807) is 0 Å². The minimum Gasteiger partial charge on any atom is -1.00 e. The second-order valence-corrected chi connectivity index (χ2v) is 5.45. The molecule has 104 valence electrons. The lowest BCUT2D eigenvalue weighted by atomic mass is 10.0. The standard InChI is InChI=1S/C15H26NO.HI/c1-5-6-12-16(3,4)13(2)15(17)14-10-8-7-9-11-14;/h7-11,13,15,17H,5-6,12H2,1-4H3;1H/q+1;/p-1. The normalized spacial score (nSPS) is 14.7. The van der Waals surface area contributed by atoms with Crippen LogP contribution in [-0.2, 0) is 0 Å². The number of hydrogen-bond acceptors (Lipinski definition) is 1. The Bertz CT molecular complexity index is 327. The predicted octanol–water partition coefficient (Wildman–Crippen LogP) is -0.0110. The Morgan fingerprint density at radius 2 is 1.72 bits per heavy atom. The van der Waals surface area contributed by atoms with Crippen molar-refractivity contribution in [2.75, 3.05) is 20.6 Å². The summed E-state index contributed by atoms with van der Waals surface area (Å²) in [5.74, 6) is 0. The molecule has 3 heteroatoms. The number of halogens is 1. The Kier molecular flexibility index (Phi) is 8.06. The molecule has 0 aliphatic heterocycles. The highest BCUT2D eigenvalue weighted by molar-refractivity contribution is 5.18. The van der Waals surface area contributed by atoms with Gasteiger partial charge in [0, 0.05) is 0 Å². The van der Waals surface area contributed by atoms with Crippen LogP contribution in [0.1, 0.15) is 38.4 Å². The van der Waals surface area contributed by atoms with Gasteiger partial charge in [-0.25, -0.2) is 0 Å². The Labute approximate surface area is 129 Å². The van der Waals surface area contributed by atoms with Crippen molar-refractivity contribution in [3.63, 3.8) is 0 Å². The summed E-state index contributed by atoms with van der Waals surface area (Å²) in [6.07, 6.45) is 2.03. The molecule has 0 saturated heterocycles. The van der Waals surface area contributed by atoms with Crippen molar-refractivity contribution in [3.05, 3.63) is 35.9 Å². The third-order valence-electron chi connectivity index (χ3n) is 3.79. The van der Waals surface area contributed by atoms with E-state index >= 15 is 0 Å². The Morgan fingerprint density at radius 3 is 2.22 bits per heavy atom. The van der Waals surface area contributed by atoms with Crippen LogP contribution < -0.4 is 24.0 Å². The summed E-state index contributed by atoms with van der Waals surface area (Å²) >= 11 is 0. The zero-order valence-corrected chi connectivity index (χ0v) is 14.1. The third kappa shape index (κ3) is 4.86. The maximum absolute atomic E-state index is 10.4. The van der Waals surface area contributed by atoms with Gasteiger partial charge in [0.05, 0.1) is 20.6 Å². The first-order valence-electron chi connectivity index (χ1n) is 6.54. The number of nitrogens with zero attached hydrogens (tertiary/aromatic N) is 1. The number of benzene rings is 1. The molecule has 2 nitrogen and oxygen atoms in total. The molecule has 0 spiro atoms. The molecule has 1 rings (SSSR count). The van der Waals surface area contributed by atoms with E-state index in [9.17, 15) is 5.11 Å². The lowest BCUT2D eigenvalue weighted by Gasteiger charge is -2.38. The second-order valence-electron chi connectivity index (χ2n) is 5.45. The van der Waals surface area contributed by atoms with Gasteiger partial charge >= 0.3 is 0 Å². The number of quaternary nitrogens is 1. The minimum atomic E-state index is -0.386. The number of rotatable bonds is 6. The molecule has 18 heavy (non-hydrogen) atoms. The highest BCUT2D eigenvalue weighted by atomic mass is 127. The molecular formula is C15H26INO. The van der Waals surface area contributed by atoms with Gasteiger partial charge in [0.2, 0.25) is 0 Å². The van der Waals surface area contributed by atoms with Crippen molar-refractivity contribution in [2.45, 2.75) is 38.8 Å². The van der Waals surface area contributed by atoms with Gasteiger partial charge in [0.1, 0.15) is 12.1 Å². The van der Waals surface area contributed by atoms with Gasteiger partial charge < -0.3 is 33.6 Å². The van der Waals surface area contributed by atoms with Crippen LogP contribution in [0.25, 0.3) is 0 Å². The minimum absolute atomic E-state index is 0. The predicted molar refractivity (Wildman–Crippen MR) is 72.7 cm³/mol. The summed E-state index contributed by atoms with van der Waals surface area (Å²) < 4.78 is 0.865. The van der Waals surface area contributed by atoms with Crippen molar-refractivity contribution in [3.8, 4) is 0 Å². The summed E-state index contributed by atoms with van der Waals surface area (Å²) in [5.41, 5.74) is 1.02. The van der Waals surface area contributed by atoms with Crippen LogP contribution in [0.15, 0.2) is 30.3 Å². The van der Waals surface area contributed by atoms with Crippen molar-refractivity contribution in [1.29, 1.82) is 0 Å². The molecular weight excluding hydrogens is 337 g/mol. The quantitative estimate of drug-likeness (QED) is 0.557. The monoisotopic (exact) mass is 363 g/mol. The molecule has 0 aliphatic carbocycles. The van der Waals surface area contributed by atoms with E-state index in [1.807, 2.05) is 30.3 Å². The average Bonchev–Trinajstić information content (AvgIpc) is 2.35. The van der Waals surface area contributed by atoms with E-state index in [-0.39, 0.29) is 36.1 Å². The molecule has 1 N–H and O–H groups in total. The van der Waals surface area contributed by atoms with Crippen LogP contribution in [0.4, 0.5) is 0 Å². The summed E-state index contributed by atoms with van der Waals surface area (Å²) in [4.78, 5) is 0. The summed E-state index contributed by atoms with van der Waals surface area (Å²) in [7, 11) is 4.40. The molecule has 0 aliphatic rings. The van der Waals surface area contributed by atoms with Crippen LogP contribution in [0.2, 0.25) is 0 Å². The number of hydrogen-bond donors (Lipinski definition) is 1. The van der Waals surface area contributed by atoms with Crippen LogP contribution in [0, 0.1) is 0 Å². The van der Waals surface area contributed by atoms with Crippen molar-refractivity contribution in [2.24, 2.45) is 0 Å². The molecule has 1 aromatic carbocycles. The molecule has 0 saturated carbocycles. The van der Waals surface area contributed by atoms with Gasteiger partial charge in [-0.3, -0.25) is 0 Å². The van der Waals surface area contributed by atoms with Gasteiger partial charge in [0.15, 0.2) is 0 Å². The Morgan fingerprint density at radius 1 is 1.17 bits per heavy atom. The molecule has 0 fully saturated rings. The highest BCUT2D eigenvalue weighted by Crippen LogP contribution is 2.24. The molecule has 2 atom stereocenters. The smallest absolute Gasteiger partial charge is 0.130 e. The topological polar surface area (TPSA) is 20.2 Å². The van der Waals surface area contributed by atoms with Gasteiger partial charge in [-0.1, -0.05) is 43.7 Å². The van der Waals surface area contributed by atoms with E-state index in [0.29, 0.717) is 0 Å². The first-order valence-corrected chi connectivity index (χ1v) is 6.54. The maximum Gasteiger partial charge on any atom is 0.130 e. The van der Waals surface area contributed by atoms with Gasteiger partial charge in [0.25, 0.3) is 0 Å². The van der Waals surface area contributed by atoms with Crippen molar-refractivity contribution < 1.29 is 33.6 Å². The first-order chi connectivity index (χ1) is 7.99. The van der Waals surface area contributed by atoms with Crippen molar-refractivity contribution in [1.82, 2.24) is 0 Å². The number of likely N-dealkylation sites (N-methyl/N-ethyl adjacent to an activating group) is 1. The Balaban J connectivity index is 0.00000289. The van der Waals surface area contributed by atoms with Crippen LogP contribution in [0.5, 0.6) is 0 Å². The largest absolute Gasteiger partial charge is 1.00 e. The highest BCUT2D eigenvalue weighted by Gasteiger charge is 2.30. The van der Waals surface area contributed by atoms with Gasteiger partial charge in [-0.05, 0) is 18.9 Å². The fraction of sp³-hybridized carbons (Fsp3) is 0.600. The van der Waals surface area contributed by atoms with Crippen LogP contribution >= 0.6 is 0 Å². The summed E-state index contributed by atoms with van der Waals surface area (Å²) in [6, 6.07) is 10.2. The maximum atomic E-state index is 10.4. The first kappa shape index (κ1) is 17.9. The fourth-order valence-electron chi connectivity index (χ4n) is 2.08. The van der Waals surface area contributed by atoms with E-state index in [0.717, 1.165) is 16.6 Å². The van der Waals surface area contributed by atoms with Gasteiger partial charge in [-0.2, -0.15) is 0 Å². The summed E-state index contributed by atoms with van der Waals surface area (Å²) in [6.45, 7) is 5.45. The molecule has 2 unspecified atom stereocenters. The Hall–Kier alpha value is -0.130. The SMILES string of the molecule is CCCC[N+](C)(C)C(C)C(O)c1ccccc1.[I-]. The lowest BCUT2D eigenvalue weighted by Crippen LogP contribution is -3.00. The molecule has 0 amide bonds. The zero-order valence-electron chi connectivity index (χ0n) is 11.9. The number of unbranched alkanes of at least 4 members (excludes halogenated alkanes) is 1. The second kappa shape index (κ2) is 8.12. The number of aliphatic hydroxyl groups excluding tert-OH is 1. The van der Waals surface area contributed by atoms with E-state index in [2.05, 4.69) is 27.9 Å². The van der Waals surface area contributed by atoms with E-state index < -0.39 is 0 Å². The van der Waals surface area contributed by atoms with Crippen LogP contribution in [0.3, 0.4) is 0 Å². The summed E-state index contributed by atoms with van der Waals surface area (Å²) in [5, 5.41) is 10.4. The molecule has 0 bridgehead atoms. The molecule has 1 aromatic rings. The lowest BCUT2D eigenvalue weighted by molar-refractivity contribution is -0.917. The average molecular weight is 363 g/mol. The third-order valence-corrected chi connectivity index (χ3v) is 3.79. The van der Waals surface area contributed by atoms with Crippen LogP contribution in [-0.4, -0.2) is 36.3 Å². The number of aliphatic hydroxyl groups is 1. The van der Waals surface area contributed by atoms with E-state index in [4.69, 9.17) is 0 Å².